The van der Waals surface area contributed by atoms with Crippen LogP contribution in [0.2, 0.25) is 0 Å². The molecule has 0 aromatic rings. The summed E-state index contributed by atoms with van der Waals surface area (Å²) in [6, 6.07) is 0. The van der Waals surface area contributed by atoms with Gasteiger partial charge in [-0.3, -0.25) is 9.69 Å². The van der Waals surface area contributed by atoms with Gasteiger partial charge in [-0.1, -0.05) is 11.6 Å². The summed E-state index contributed by atoms with van der Waals surface area (Å²) in [5.41, 5.74) is 1.37. The van der Waals surface area contributed by atoms with Crippen molar-refractivity contribution in [1.29, 1.82) is 0 Å². The molecule has 0 bridgehead atoms. The van der Waals surface area contributed by atoms with Gasteiger partial charge in [0.2, 0.25) is 0 Å². The summed E-state index contributed by atoms with van der Waals surface area (Å²) in [5, 5.41) is 0. The van der Waals surface area contributed by atoms with Gasteiger partial charge in [-0.25, -0.2) is 0 Å². The average molecular weight is 240 g/mol. The van der Waals surface area contributed by atoms with E-state index in [-0.39, 0.29) is 5.97 Å². The molecule has 0 atom stereocenters. The lowest BCUT2D eigenvalue weighted by atomic mass is 10.2. The molecule has 1 aliphatic rings. The second-order valence-corrected chi connectivity index (χ2v) is 4.75. The molecule has 0 saturated carbocycles. The van der Waals surface area contributed by atoms with Gasteiger partial charge in [-0.15, -0.1) is 0 Å². The molecule has 1 rings (SSSR count). The maximum atomic E-state index is 11.0. The number of hydrogen-bond acceptors (Lipinski definition) is 4. The van der Waals surface area contributed by atoms with E-state index in [2.05, 4.69) is 34.5 Å². The number of ether oxygens (including phenoxy) is 1. The first kappa shape index (κ1) is 14.2. The summed E-state index contributed by atoms with van der Waals surface area (Å²) >= 11 is 0. The third-order valence-corrected chi connectivity index (χ3v) is 3.08. The normalized spacial score (nSPS) is 17.8. The molecular formula is C13H24N2O2. The topological polar surface area (TPSA) is 32.8 Å². The summed E-state index contributed by atoms with van der Waals surface area (Å²) in [6.45, 7) is 10.4. The summed E-state index contributed by atoms with van der Waals surface area (Å²) in [5.74, 6) is -0.114. The number of piperazine rings is 1. The number of hydrogen-bond donors (Lipinski definition) is 0. The quantitative estimate of drug-likeness (QED) is 0.533. The maximum Gasteiger partial charge on any atom is 0.306 e. The highest BCUT2D eigenvalue weighted by molar-refractivity contribution is 5.69. The van der Waals surface area contributed by atoms with Crippen LogP contribution in [0.5, 0.6) is 0 Å². The van der Waals surface area contributed by atoms with Crippen LogP contribution in [0.3, 0.4) is 0 Å². The minimum absolute atomic E-state index is 0.114. The molecular weight excluding hydrogens is 216 g/mol. The zero-order valence-electron chi connectivity index (χ0n) is 11.2. The Kier molecular flexibility index (Phi) is 6.22. The minimum Gasteiger partial charge on any atom is -0.469 e. The van der Waals surface area contributed by atoms with Crippen molar-refractivity contribution in [1.82, 2.24) is 9.80 Å². The van der Waals surface area contributed by atoms with E-state index >= 15 is 0 Å². The second kappa shape index (κ2) is 7.45. The van der Waals surface area contributed by atoms with Crippen LogP contribution in [0, 0.1) is 0 Å². The fourth-order valence-corrected chi connectivity index (χ4v) is 1.86. The fourth-order valence-electron chi connectivity index (χ4n) is 1.86. The van der Waals surface area contributed by atoms with Crippen LogP contribution in [0.4, 0.5) is 0 Å². The molecule has 1 aliphatic heterocycles. The maximum absolute atomic E-state index is 11.0. The van der Waals surface area contributed by atoms with Gasteiger partial charge >= 0.3 is 5.97 Å². The van der Waals surface area contributed by atoms with Crippen LogP contribution in [-0.2, 0) is 9.53 Å². The van der Waals surface area contributed by atoms with E-state index < -0.39 is 0 Å². The first-order valence-corrected chi connectivity index (χ1v) is 6.26. The van der Waals surface area contributed by atoms with Gasteiger partial charge in [0.1, 0.15) is 0 Å². The largest absolute Gasteiger partial charge is 0.469 e. The van der Waals surface area contributed by atoms with Gasteiger partial charge in [0.25, 0.3) is 0 Å². The molecule has 0 amide bonds. The van der Waals surface area contributed by atoms with E-state index in [1.165, 1.54) is 12.7 Å². The van der Waals surface area contributed by atoms with Crippen LogP contribution in [0.1, 0.15) is 20.3 Å². The molecule has 0 aromatic heterocycles. The molecule has 4 nitrogen and oxygen atoms in total. The Hall–Kier alpha value is -0.870. The molecule has 4 heteroatoms. The van der Waals surface area contributed by atoms with E-state index in [9.17, 15) is 4.79 Å². The number of rotatable bonds is 5. The Morgan fingerprint density at radius 1 is 1.18 bits per heavy atom. The minimum atomic E-state index is -0.114. The lowest BCUT2D eigenvalue weighted by Gasteiger charge is -2.33. The van der Waals surface area contributed by atoms with Gasteiger partial charge in [0, 0.05) is 39.3 Å². The Balaban J connectivity index is 2.17. The van der Waals surface area contributed by atoms with E-state index in [1.54, 1.807) is 0 Å². The van der Waals surface area contributed by atoms with Gasteiger partial charge in [-0.2, -0.15) is 0 Å². The number of carbonyl (C=O) groups is 1. The first-order valence-electron chi connectivity index (χ1n) is 6.26. The molecule has 0 unspecified atom stereocenters. The highest BCUT2D eigenvalue weighted by atomic mass is 16.5. The van der Waals surface area contributed by atoms with E-state index in [0.29, 0.717) is 6.42 Å². The standard InChI is InChI=1S/C13H24N2O2/c1-12(2)4-6-14-8-10-15(11-9-14)7-5-13(16)17-3/h4H,5-11H2,1-3H3. The molecule has 1 saturated heterocycles. The third-order valence-electron chi connectivity index (χ3n) is 3.08. The van der Waals surface area contributed by atoms with Crippen molar-refractivity contribution in [3.05, 3.63) is 11.6 Å². The zero-order valence-corrected chi connectivity index (χ0v) is 11.2. The Morgan fingerprint density at radius 2 is 1.76 bits per heavy atom. The van der Waals surface area contributed by atoms with Crippen LogP contribution >= 0.6 is 0 Å². The number of nitrogens with zero attached hydrogens (tertiary/aromatic N) is 2. The van der Waals surface area contributed by atoms with Gasteiger partial charge in [-0.05, 0) is 13.8 Å². The molecule has 0 spiro atoms. The van der Waals surface area contributed by atoms with E-state index in [4.69, 9.17) is 0 Å². The van der Waals surface area contributed by atoms with Crippen molar-refractivity contribution < 1.29 is 9.53 Å². The molecule has 0 aromatic carbocycles. The predicted molar refractivity (Wildman–Crippen MR) is 68.9 cm³/mol. The number of esters is 1. The average Bonchev–Trinajstić information content (AvgIpc) is 2.34. The second-order valence-electron chi connectivity index (χ2n) is 4.75. The van der Waals surface area contributed by atoms with Crippen LogP contribution < -0.4 is 0 Å². The van der Waals surface area contributed by atoms with E-state index in [1.807, 2.05) is 0 Å². The molecule has 17 heavy (non-hydrogen) atoms. The third kappa shape index (κ3) is 5.84. The molecule has 1 fully saturated rings. The van der Waals surface area contributed by atoms with Crippen molar-refractivity contribution in [3.8, 4) is 0 Å². The van der Waals surface area contributed by atoms with Crippen molar-refractivity contribution in [2.45, 2.75) is 20.3 Å². The van der Waals surface area contributed by atoms with Crippen molar-refractivity contribution in [2.75, 3.05) is 46.4 Å². The number of methoxy groups -OCH3 is 1. The first-order chi connectivity index (χ1) is 8.11. The highest BCUT2D eigenvalue weighted by Gasteiger charge is 2.16. The molecule has 0 aliphatic carbocycles. The van der Waals surface area contributed by atoms with Crippen LogP contribution in [-0.4, -0.2) is 62.1 Å². The van der Waals surface area contributed by atoms with Crippen LogP contribution in [0.25, 0.3) is 0 Å². The van der Waals surface area contributed by atoms with Gasteiger partial charge < -0.3 is 9.64 Å². The summed E-state index contributed by atoms with van der Waals surface area (Å²) in [4.78, 5) is 15.8. The Bertz CT molecular complexity index is 265. The molecule has 0 radical (unpaired) electrons. The summed E-state index contributed by atoms with van der Waals surface area (Å²) in [6.07, 6.45) is 2.77. The predicted octanol–water partition coefficient (Wildman–Crippen LogP) is 1.13. The summed E-state index contributed by atoms with van der Waals surface area (Å²) < 4.78 is 4.64. The van der Waals surface area contributed by atoms with Gasteiger partial charge in [0.15, 0.2) is 0 Å². The molecule has 1 heterocycles. The van der Waals surface area contributed by atoms with Crippen molar-refractivity contribution >= 4 is 5.97 Å². The van der Waals surface area contributed by atoms with Gasteiger partial charge in [0.05, 0.1) is 13.5 Å². The SMILES string of the molecule is COC(=O)CCN1CCN(CC=C(C)C)CC1. The highest BCUT2D eigenvalue weighted by Crippen LogP contribution is 2.03. The van der Waals surface area contributed by atoms with E-state index in [0.717, 1.165) is 39.3 Å². The number of allylic oxidation sites excluding steroid dienone is 1. The Morgan fingerprint density at radius 3 is 2.29 bits per heavy atom. The lowest BCUT2D eigenvalue weighted by molar-refractivity contribution is -0.141. The fraction of sp³-hybridized carbons (Fsp3) is 0.769. The number of carbonyl (C=O) groups excluding carboxylic acids is 1. The lowest BCUT2D eigenvalue weighted by Crippen LogP contribution is -2.46. The zero-order chi connectivity index (χ0) is 12.7. The Labute approximate surface area is 104 Å². The molecule has 0 N–H and O–H groups in total. The van der Waals surface area contributed by atoms with Crippen molar-refractivity contribution in [3.63, 3.8) is 0 Å². The van der Waals surface area contributed by atoms with Crippen LogP contribution in [0.15, 0.2) is 11.6 Å². The monoisotopic (exact) mass is 240 g/mol. The smallest absolute Gasteiger partial charge is 0.306 e. The molecule has 98 valence electrons. The van der Waals surface area contributed by atoms with Crippen molar-refractivity contribution in [2.24, 2.45) is 0 Å². The summed E-state index contributed by atoms with van der Waals surface area (Å²) in [7, 11) is 1.44.